The summed E-state index contributed by atoms with van der Waals surface area (Å²) >= 11 is 0. The van der Waals surface area contributed by atoms with E-state index < -0.39 is 5.97 Å². The van der Waals surface area contributed by atoms with Crippen LogP contribution in [0.15, 0.2) is 53.2 Å². The minimum Gasteiger partial charge on any atom is -0.407 e. The van der Waals surface area contributed by atoms with Crippen molar-refractivity contribution in [3.05, 3.63) is 53.7 Å². The van der Waals surface area contributed by atoms with Crippen LogP contribution in [-0.4, -0.2) is 11.9 Å². The molecule has 0 unspecified atom stereocenters. The van der Waals surface area contributed by atoms with Gasteiger partial charge < -0.3 is 4.74 Å². The van der Waals surface area contributed by atoms with Crippen LogP contribution in [0.25, 0.3) is 6.08 Å². The van der Waals surface area contributed by atoms with E-state index in [-0.39, 0.29) is 0 Å². The van der Waals surface area contributed by atoms with Gasteiger partial charge in [0.15, 0.2) is 11.6 Å². The summed E-state index contributed by atoms with van der Waals surface area (Å²) in [5.74, 6) is -0.000396. The lowest BCUT2D eigenvalue weighted by Crippen LogP contribution is -1.99. The van der Waals surface area contributed by atoms with Gasteiger partial charge in [0.2, 0.25) is 0 Å². The topological polar surface area (TPSA) is 38.7 Å². The molecule has 0 bridgehead atoms. The van der Waals surface area contributed by atoms with Crippen LogP contribution in [0.1, 0.15) is 12.5 Å². The Balaban J connectivity index is 2.10. The zero-order valence-corrected chi connectivity index (χ0v) is 8.88. The average Bonchev–Trinajstić information content (AvgIpc) is 2.59. The standard InChI is InChI=1S/C13H11NO2/c1-10-14-12(13(15)16-10)9-5-8-11-6-3-2-4-7-11/h2-9H,1H3/b8-5-,12-9+. The Labute approximate surface area is 93.8 Å². The Hall–Kier alpha value is -2.16. The van der Waals surface area contributed by atoms with Crippen LogP contribution < -0.4 is 0 Å². The Kier molecular flexibility index (Phi) is 2.96. The second-order valence-electron chi connectivity index (χ2n) is 3.34. The molecule has 0 amide bonds. The Morgan fingerprint density at radius 1 is 1.25 bits per heavy atom. The van der Waals surface area contributed by atoms with Gasteiger partial charge in [0.05, 0.1) is 0 Å². The van der Waals surface area contributed by atoms with Crippen LogP contribution in [0.4, 0.5) is 0 Å². The lowest BCUT2D eigenvalue weighted by molar-refractivity contribution is -0.130. The quantitative estimate of drug-likeness (QED) is 0.559. The third-order valence-electron chi connectivity index (χ3n) is 2.07. The van der Waals surface area contributed by atoms with Gasteiger partial charge in [0, 0.05) is 6.92 Å². The Morgan fingerprint density at radius 3 is 2.62 bits per heavy atom. The summed E-state index contributed by atoms with van der Waals surface area (Å²) in [5, 5.41) is 0. The summed E-state index contributed by atoms with van der Waals surface area (Å²) in [4.78, 5) is 15.1. The second-order valence-corrected chi connectivity index (χ2v) is 3.34. The molecule has 0 atom stereocenters. The van der Waals surface area contributed by atoms with E-state index in [9.17, 15) is 4.79 Å². The minimum absolute atomic E-state index is 0.338. The maximum atomic E-state index is 11.2. The number of nitrogens with zero attached hydrogens (tertiary/aromatic N) is 1. The summed E-state index contributed by atoms with van der Waals surface area (Å²) in [5.41, 5.74) is 1.41. The molecule has 0 radical (unpaired) electrons. The smallest absolute Gasteiger partial charge is 0.363 e. The molecule has 0 saturated carbocycles. The number of carbonyl (C=O) groups excluding carboxylic acids is 1. The molecule has 0 spiro atoms. The van der Waals surface area contributed by atoms with Crippen molar-refractivity contribution < 1.29 is 9.53 Å². The maximum absolute atomic E-state index is 11.2. The molecule has 1 aromatic rings. The predicted octanol–water partition coefficient (Wildman–Crippen LogP) is 2.56. The number of cyclic esters (lactones) is 1. The van der Waals surface area contributed by atoms with E-state index >= 15 is 0 Å². The molecule has 16 heavy (non-hydrogen) atoms. The van der Waals surface area contributed by atoms with E-state index in [0.717, 1.165) is 5.56 Å². The zero-order valence-electron chi connectivity index (χ0n) is 8.88. The molecule has 1 aliphatic heterocycles. The van der Waals surface area contributed by atoms with E-state index in [1.165, 1.54) is 0 Å². The van der Waals surface area contributed by atoms with Crippen molar-refractivity contribution in [1.82, 2.24) is 0 Å². The van der Waals surface area contributed by atoms with Crippen LogP contribution in [-0.2, 0) is 9.53 Å². The number of hydrogen-bond donors (Lipinski definition) is 0. The van der Waals surface area contributed by atoms with Gasteiger partial charge in [-0.05, 0) is 11.6 Å². The van der Waals surface area contributed by atoms with Crippen LogP contribution in [0.5, 0.6) is 0 Å². The fraction of sp³-hybridized carbons (Fsp3) is 0.0769. The van der Waals surface area contributed by atoms with Gasteiger partial charge in [-0.15, -0.1) is 0 Å². The van der Waals surface area contributed by atoms with Crippen LogP contribution in [0.3, 0.4) is 0 Å². The summed E-state index contributed by atoms with van der Waals surface area (Å²) in [6.45, 7) is 1.65. The molecule has 1 aromatic carbocycles. The third kappa shape index (κ3) is 2.45. The number of esters is 1. The van der Waals surface area contributed by atoms with Gasteiger partial charge in [-0.3, -0.25) is 0 Å². The third-order valence-corrected chi connectivity index (χ3v) is 2.07. The number of benzene rings is 1. The largest absolute Gasteiger partial charge is 0.407 e. The van der Waals surface area contributed by atoms with E-state index in [1.807, 2.05) is 36.4 Å². The van der Waals surface area contributed by atoms with E-state index in [2.05, 4.69) is 4.99 Å². The SMILES string of the molecule is CC1=N/C(=C/C=C\c2ccccc2)C(=O)O1. The van der Waals surface area contributed by atoms with Gasteiger partial charge in [0.1, 0.15) is 0 Å². The predicted molar refractivity (Wildman–Crippen MR) is 62.8 cm³/mol. The molecule has 80 valence electrons. The monoisotopic (exact) mass is 213 g/mol. The first-order chi connectivity index (χ1) is 7.75. The summed E-state index contributed by atoms with van der Waals surface area (Å²) in [7, 11) is 0. The molecule has 0 aliphatic carbocycles. The van der Waals surface area contributed by atoms with E-state index in [1.54, 1.807) is 19.1 Å². The molecule has 0 fully saturated rings. The van der Waals surface area contributed by atoms with Gasteiger partial charge in [-0.1, -0.05) is 42.5 Å². The van der Waals surface area contributed by atoms with E-state index in [0.29, 0.717) is 11.6 Å². The van der Waals surface area contributed by atoms with Crippen molar-refractivity contribution in [1.29, 1.82) is 0 Å². The molecule has 2 rings (SSSR count). The first-order valence-corrected chi connectivity index (χ1v) is 4.96. The summed E-state index contributed by atoms with van der Waals surface area (Å²) in [6.07, 6.45) is 5.34. The first-order valence-electron chi connectivity index (χ1n) is 4.96. The number of ether oxygens (including phenoxy) is 1. The maximum Gasteiger partial charge on any atom is 0.363 e. The summed E-state index contributed by atoms with van der Waals surface area (Å²) in [6, 6.07) is 9.84. The minimum atomic E-state index is -0.393. The second kappa shape index (κ2) is 4.57. The lowest BCUT2D eigenvalue weighted by atomic mass is 10.2. The lowest BCUT2D eigenvalue weighted by Gasteiger charge is -1.89. The highest BCUT2D eigenvalue weighted by atomic mass is 16.6. The molecule has 3 nitrogen and oxygen atoms in total. The van der Waals surface area contributed by atoms with Gasteiger partial charge in [-0.2, -0.15) is 0 Å². The van der Waals surface area contributed by atoms with Gasteiger partial charge >= 0.3 is 5.97 Å². The van der Waals surface area contributed by atoms with Crippen molar-refractivity contribution in [3.8, 4) is 0 Å². The Morgan fingerprint density at radius 2 is 2.00 bits per heavy atom. The molecule has 0 N–H and O–H groups in total. The fourth-order valence-corrected chi connectivity index (χ4v) is 1.34. The van der Waals surface area contributed by atoms with Gasteiger partial charge in [0.25, 0.3) is 0 Å². The normalized spacial score (nSPS) is 17.9. The number of carbonyl (C=O) groups is 1. The molecule has 1 heterocycles. The van der Waals surface area contributed by atoms with E-state index in [4.69, 9.17) is 4.74 Å². The molecular formula is C13H11NO2. The molecule has 3 heteroatoms. The van der Waals surface area contributed by atoms with Crippen LogP contribution in [0, 0.1) is 0 Å². The van der Waals surface area contributed by atoms with Crippen molar-refractivity contribution >= 4 is 17.9 Å². The molecule has 0 saturated heterocycles. The van der Waals surface area contributed by atoms with Crippen molar-refractivity contribution in [2.75, 3.05) is 0 Å². The van der Waals surface area contributed by atoms with Crippen molar-refractivity contribution in [2.24, 2.45) is 4.99 Å². The van der Waals surface area contributed by atoms with Crippen molar-refractivity contribution in [2.45, 2.75) is 6.92 Å². The number of hydrogen-bond acceptors (Lipinski definition) is 3. The Bertz CT molecular complexity index is 484. The number of aliphatic imine (C=N–C) groups is 1. The first kappa shape index (κ1) is 10.4. The molecular weight excluding hydrogens is 202 g/mol. The highest BCUT2D eigenvalue weighted by molar-refractivity contribution is 6.03. The highest BCUT2D eigenvalue weighted by Crippen LogP contribution is 2.10. The average molecular weight is 213 g/mol. The van der Waals surface area contributed by atoms with Crippen LogP contribution in [0.2, 0.25) is 0 Å². The fourth-order valence-electron chi connectivity index (χ4n) is 1.34. The summed E-state index contributed by atoms with van der Waals surface area (Å²) < 4.78 is 4.79. The van der Waals surface area contributed by atoms with Crippen molar-refractivity contribution in [3.63, 3.8) is 0 Å². The number of allylic oxidation sites excluding steroid dienone is 2. The highest BCUT2D eigenvalue weighted by Gasteiger charge is 2.18. The molecule has 0 aromatic heterocycles. The molecule has 1 aliphatic rings. The van der Waals surface area contributed by atoms with Crippen LogP contribution >= 0.6 is 0 Å². The van der Waals surface area contributed by atoms with Gasteiger partial charge in [-0.25, -0.2) is 9.79 Å². The zero-order chi connectivity index (χ0) is 11.4. The number of rotatable bonds is 2.